The zero-order valence-corrected chi connectivity index (χ0v) is 14.9. The summed E-state index contributed by atoms with van der Waals surface area (Å²) in [5.41, 5.74) is 2.19. The Morgan fingerprint density at radius 3 is 2.50 bits per heavy atom. The molecule has 0 amide bonds. The van der Waals surface area contributed by atoms with E-state index in [1.54, 1.807) is 7.11 Å². The lowest BCUT2D eigenvalue weighted by atomic mass is 10.2. The molecule has 0 aliphatic rings. The van der Waals surface area contributed by atoms with Crippen molar-refractivity contribution in [3.63, 3.8) is 0 Å². The minimum atomic E-state index is 0. The minimum absolute atomic E-state index is 0. The van der Waals surface area contributed by atoms with Gasteiger partial charge in [-0.05, 0) is 35.9 Å². The maximum Gasteiger partial charge on any atom is 0.137 e. The topological polar surface area (TPSA) is 34.4 Å². The fourth-order valence-electron chi connectivity index (χ4n) is 2.37. The van der Waals surface area contributed by atoms with Gasteiger partial charge in [-0.15, -0.1) is 12.4 Å². The van der Waals surface area contributed by atoms with E-state index >= 15 is 0 Å². The Hall–Kier alpha value is -1.94. The van der Waals surface area contributed by atoms with E-state index in [-0.39, 0.29) is 12.4 Å². The largest absolute Gasteiger partial charge is 0.495 e. The normalized spacial score (nSPS) is 10.2. The van der Waals surface area contributed by atoms with Crippen molar-refractivity contribution in [3.05, 3.63) is 77.0 Å². The van der Waals surface area contributed by atoms with Gasteiger partial charge in [0.05, 0.1) is 18.7 Å². The summed E-state index contributed by atoms with van der Waals surface area (Å²) in [5, 5.41) is 3.95. The molecule has 0 fully saturated rings. The molecular formula is C19H19Cl2NO2. The van der Waals surface area contributed by atoms with Gasteiger partial charge in [0.1, 0.15) is 17.3 Å². The van der Waals surface area contributed by atoms with Crippen LogP contribution in [0.1, 0.15) is 11.3 Å². The van der Waals surface area contributed by atoms with Crippen LogP contribution in [0.2, 0.25) is 5.02 Å². The molecule has 0 aliphatic heterocycles. The number of furan rings is 1. The molecule has 1 heterocycles. The molecule has 24 heavy (non-hydrogen) atoms. The monoisotopic (exact) mass is 363 g/mol. The van der Waals surface area contributed by atoms with Gasteiger partial charge >= 0.3 is 0 Å². The first-order chi connectivity index (χ1) is 11.3. The van der Waals surface area contributed by atoms with Crippen LogP contribution in [0.25, 0.3) is 11.3 Å². The van der Waals surface area contributed by atoms with Gasteiger partial charge in [-0.25, -0.2) is 0 Å². The Morgan fingerprint density at radius 2 is 1.79 bits per heavy atom. The summed E-state index contributed by atoms with van der Waals surface area (Å²) in [6.45, 7) is 1.49. The molecule has 2 aromatic carbocycles. The highest BCUT2D eigenvalue weighted by Crippen LogP contribution is 2.31. The molecule has 1 aromatic heterocycles. The van der Waals surface area contributed by atoms with Crippen LogP contribution in [0.4, 0.5) is 0 Å². The van der Waals surface area contributed by atoms with Gasteiger partial charge in [-0.3, -0.25) is 0 Å². The second kappa shape index (κ2) is 8.78. The summed E-state index contributed by atoms with van der Waals surface area (Å²) in [4.78, 5) is 0. The van der Waals surface area contributed by atoms with Crippen molar-refractivity contribution < 1.29 is 9.15 Å². The predicted octanol–water partition coefficient (Wildman–Crippen LogP) is 5.32. The van der Waals surface area contributed by atoms with E-state index in [4.69, 9.17) is 20.8 Å². The van der Waals surface area contributed by atoms with E-state index in [0.717, 1.165) is 23.6 Å². The fraction of sp³-hybridized carbons (Fsp3) is 0.158. The van der Waals surface area contributed by atoms with Gasteiger partial charge in [0.15, 0.2) is 0 Å². The summed E-state index contributed by atoms with van der Waals surface area (Å²) in [5.74, 6) is 2.35. The first-order valence-corrected chi connectivity index (χ1v) is 7.81. The average Bonchev–Trinajstić information content (AvgIpc) is 3.05. The van der Waals surface area contributed by atoms with Crippen LogP contribution >= 0.6 is 24.0 Å². The van der Waals surface area contributed by atoms with Crippen molar-refractivity contribution in [2.75, 3.05) is 7.11 Å². The number of benzene rings is 2. The van der Waals surface area contributed by atoms with Gasteiger partial charge in [-0.1, -0.05) is 41.9 Å². The van der Waals surface area contributed by atoms with E-state index in [2.05, 4.69) is 17.4 Å². The zero-order chi connectivity index (χ0) is 16.1. The first-order valence-electron chi connectivity index (χ1n) is 7.43. The van der Waals surface area contributed by atoms with Crippen molar-refractivity contribution in [1.82, 2.24) is 5.32 Å². The van der Waals surface area contributed by atoms with Gasteiger partial charge in [0, 0.05) is 12.1 Å². The second-order valence-corrected chi connectivity index (χ2v) is 5.61. The molecular weight excluding hydrogens is 345 g/mol. The number of rotatable bonds is 6. The molecule has 5 heteroatoms. The highest BCUT2D eigenvalue weighted by atomic mass is 35.5. The molecule has 0 radical (unpaired) electrons. The third-order valence-electron chi connectivity index (χ3n) is 3.57. The summed E-state index contributed by atoms with van der Waals surface area (Å²) in [6, 6.07) is 19.8. The quantitative estimate of drug-likeness (QED) is 0.643. The molecule has 0 atom stereocenters. The minimum Gasteiger partial charge on any atom is -0.495 e. The summed E-state index contributed by atoms with van der Waals surface area (Å²) >= 11 is 6.16. The molecule has 0 bridgehead atoms. The van der Waals surface area contributed by atoms with Gasteiger partial charge in [0.2, 0.25) is 0 Å². The Morgan fingerprint density at radius 1 is 1.00 bits per heavy atom. The van der Waals surface area contributed by atoms with Crippen LogP contribution in [-0.4, -0.2) is 7.11 Å². The highest BCUT2D eigenvalue weighted by molar-refractivity contribution is 6.32. The van der Waals surface area contributed by atoms with Crippen molar-refractivity contribution in [2.24, 2.45) is 0 Å². The standard InChI is InChI=1S/C19H18ClNO2.ClH/c1-22-19-9-7-15(11-17(19)20)18-10-8-16(23-18)13-21-12-14-5-3-2-4-6-14;/h2-11,21H,12-13H2,1H3;1H. The van der Waals surface area contributed by atoms with Crippen LogP contribution in [0.15, 0.2) is 65.1 Å². The number of nitrogens with one attached hydrogen (secondary N) is 1. The third kappa shape index (κ3) is 4.54. The maximum absolute atomic E-state index is 6.16. The molecule has 0 saturated carbocycles. The zero-order valence-electron chi connectivity index (χ0n) is 13.3. The third-order valence-corrected chi connectivity index (χ3v) is 3.86. The lowest BCUT2D eigenvalue weighted by Crippen LogP contribution is -2.11. The number of halogens is 2. The highest BCUT2D eigenvalue weighted by Gasteiger charge is 2.08. The number of methoxy groups -OCH3 is 1. The smallest absolute Gasteiger partial charge is 0.137 e. The summed E-state index contributed by atoms with van der Waals surface area (Å²) in [6.07, 6.45) is 0. The lowest BCUT2D eigenvalue weighted by molar-refractivity contribution is 0.415. The second-order valence-electron chi connectivity index (χ2n) is 5.20. The van der Waals surface area contributed by atoms with E-state index in [9.17, 15) is 0 Å². The Balaban J connectivity index is 0.00000208. The Kier molecular flexibility index (Phi) is 6.73. The van der Waals surface area contributed by atoms with Gasteiger partial charge in [-0.2, -0.15) is 0 Å². The SMILES string of the molecule is COc1ccc(-c2ccc(CNCc3ccccc3)o2)cc1Cl.Cl. The van der Waals surface area contributed by atoms with Crippen LogP contribution < -0.4 is 10.1 Å². The molecule has 0 saturated heterocycles. The van der Waals surface area contributed by atoms with E-state index in [0.29, 0.717) is 17.3 Å². The summed E-state index contributed by atoms with van der Waals surface area (Å²) < 4.78 is 11.0. The molecule has 3 aromatic rings. The Bertz CT molecular complexity index is 772. The number of hydrogen-bond donors (Lipinski definition) is 1. The molecule has 126 valence electrons. The van der Waals surface area contributed by atoms with Crippen LogP contribution in [0.3, 0.4) is 0 Å². The fourth-order valence-corrected chi connectivity index (χ4v) is 2.63. The van der Waals surface area contributed by atoms with Crippen molar-refractivity contribution >= 4 is 24.0 Å². The van der Waals surface area contributed by atoms with Gasteiger partial charge in [0.25, 0.3) is 0 Å². The van der Waals surface area contributed by atoms with Crippen molar-refractivity contribution in [1.29, 1.82) is 0 Å². The van der Waals surface area contributed by atoms with Crippen LogP contribution in [-0.2, 0) is 13.1 Å². The molecule has 3 rings (SSSR count). The average molecular weight is 364 g/mol. The molecule has 0 spiro atoms. The van der Waals surface area contributed by atoms with E-state index in [1.165, 1.54) is 5.56 Å². The maximum atomic E-state index is 6.16. The van der Waals surface area contributed by atoms with Crippen molar-refractivity contribution in [2.45, 2.75) is 13.1 Å². The first kappa shape index (κ1) is 18.4. The number of hydrogen-bond acceptors (Lipinski definition) is 3. The van der Waals surface area contributed by atoms with Crippen LogP contribution in [0.5, 0.6) is 5.75 Å². The predicted molar refractivity (Wildman–Crippen MR) is 99.9 cm³/mol. The molecule has 1 N–H and O–H groups in total. The summed E-state index contributed by atoms with van der Waals surface area (Å²) in [7, 11) is 1.60. The van der Waals surface area contributed by atoms with E-state index in [1.807, 2.05) is 48.5 Å². The van der Waals surface area contributed by atoms with Crippen LogP contribution in [0, 0.1) is 0 Å². The van der Waals surface area contributed by atoms with Gasteiger partial charge < -0.3 is 14.5 Å². The number of ether oxygens (including phenoxy) is 1. The Labute approximate surface area is 153 Å². The molecule has 0 unspecified atom stereocenters. The van der Waals surface area contributed by atoms with Crippen molar-refractivity contribution in [3.8, 4) is 17.1 Å². The van der Waals surface area contributed by atoms with E-state index < -0.39 is 0 Å². The lowest BCUT2D eigenvalue weighted by Gasteiger charge is -2.05. The molecule has 0 aliphatic carbocycles. The molecule has 3 nitrogen and oxygen atoms in total.